The lowest BCUT2D eigenvalue weighted by molar-refractivity contribution is 0.0520. The Bertz CT molecular complexity index is 1510. The van der Waals surface area contributed by atoms with E-state index in [9.17, 15) is 9.59 Å². The predicted octanol–water partition coefficient (Wildman–Crippen LogP) is 7.11. The minimum Gasteiger partial charge on any atom is -0.488 e. The standard InChI is InChI=1S/C32H32N2O6S2/c1-3-37-30(35)28-23-19-39-25-13-7-5-11-21(25)17-33-15-9-10-16-34-18-22-12-6-8-14-26(22)40-20-24-27(23)32(41-28)42-29(24)31(36)38-4-2/h5-8,11-14,17-18H,3-4,9-10,15-16,19-20H2,1-2H3. The van der Waals surface area contributed by atoms with Gasteiger partial charge in [0.2, 0.25) is 0 Å². The summed E-state index contributed by atoms with van der Waals surface area (Å²) in [4.78, 5) is 36.3. The van der Waals surface area contributed by atoms with Gasteiger partial charge in [-0.15, -0.1) is 22.7 Å². The number of esters is 2. The smallest absolute Gasteiger partial charge is 0.348 e. The number of carbonyl (C=O) groups excluding carboxylic acids is 2. The van der Waals surface area contributed by atoms with E-state index in [1.54, 1.807) is 13.8 Å². The normalized spacial score (nSPS) is 14.0. The summed E-state index contributed by atoms with van der Waals surface area (Å²) in [6, 6.07) is 15.3. The summed E-state index contributed by atoms with van der Waals surface area (Å²) in [7, 11) is 0. The Morgan fingerprint density at radius 2 is 1.19 bits per heavy atom. The van der Waals surface area contributed by atoms with Crippen LogP contribution in [0.2, 0.25) is 0 Å². The number of carbonyl (C=O) groups is 2. The maximum absolute atomic E-state index is 13.1. The van der Waals surface area contributed by atoms with E-state index in [4.69, 9.17) is 18.9 Å². The van der Waals surface area contributed by atoms with Crippen molar-refractivity contribution in [3.63, 3.8) is 0 Å². The molecule has 0 atom stereocenters. The first-order valence-corrected chi connectivity index (χ1v) is 15.6. The minimum absolute atomic E-state index is 0.0915. The van der Waals surface area contributed by atoms with E-state index in [2.05, 4.69) is 9.98 Å². The van der Waals surface area contributed by atoms with Crippen LogP contribution in [0.4, 0.5) is 0 Å². The van der Waals surface area contributed by atoms with Gasteiger partial charge in [0.05, 0.1) is 17.2 Å². The van der Waals surface area contributed by atoms with E-state index in [0.29, 0.717) is 45.5 Å². The molecule has 0 fully saturated rings. The lowest BCUT2D eigenvalue weighted by Gasteiger charge is -2.13. The van der Waals surface area contributed by atoms with Gasteiger partial charge in [-0.1, -0.05) is 24.3 Å². The number of fused-ring (bicyclic) bond motifs is 2. The highest BCUT2D eigenvalue weighted by molar-refractivity contribution is 7.40. The molecule has 0 saturated heterocycles. The van der Waals surface area contributed by atoms with E-state index in [0.717, 1.165) is 33.4 Å². The Labute approximate surface area is 252 Å². The Kier molecular flexibility index (Phi) is 9.99. The molecular formula is C32H32N2O6S2. The summed E-state index contributed by atoms with van der Waals surface area (Å²) >= 11 is 2.58. The Morgan fingerprint density at radius 1 is 0.738 bits per heavy atom. The van der Waals surface area contributed by atoms with Crippen molar-refractivity contribution < 1.29 is 28.5 Å². The van der Waals surface area contributed by atoms with Gasteiger partial charge in [-0.25, -0.2) is 9.59 Å². The molecule has 10 heteroatoms. The number of rotatable bonds is 4. The average molecular weight is 605 g/mol. The van der Waals surface area contributed by atoms with Crippen molar-refractivity contribution >= 4 is 56.4 Å². The van der Waals surface area contributed by atoms with Gasteiger partial charge in [0, 0.05) is 53.2 Å². The van der Waals surface area contributed by atoms with Crippen LogP contribution in [-0.2, 0) is 22.7 Å². The summed E-state index contributed by atoms with van der Waals surface area (Å²) in [5.74, 6) is 0.434. The van der Waals surface area contributed by atoms with Crippen LogP contribution in [0.1, 0.15) is 68.3 Å². The molecule has 2 aromatic heterocycles. The molecule has 0 unspecified atom stereocenters. The van der Waals surface area contributed by atoms with E-state index in [-0.39, 0.29) is 26.4 Å². The minimum atomic E-state index is -0.427. The van der Waals surface area contributed by atoms with Gasteiger partial charge >= 0.3 is 11.9 Å². The van der Waals surface area contributed by atoms with E-state index in [1.165, 1.54) is 22.7 Å². The van der Waals surface area contributed by atoms with Crippen molar-refractivity contribution in [2.45, 2.75) is 39.9 Å². The molecule has 0 N–H and O–H groups in total. The van der Waals surface area contributed by atoms with Gasteiger partial charge in [-0.05, 0) is 51.0 Å². The Hall–Kier alpha value is -4.02. The second-order valence-electron chi connectivity index (χ2n) is 9.35. The van der Waals surface area contributed by atoms with Crippen molar-refractivity contribution in [1.82, 2.24) is 0 Å². The van der Waals surface area contributed by atoms with E-state index < -0.39 is 11.9 Å². The lowest BCUT2D eigenvalue weighted by Crippen LogP contribution is -2.10. The number of para-hydroxylation sites is 2. The second kappa shape index (κ2) is 14.2. The maximum Gasteiger partial charge on any atom is 0.348 e. The van der Waals surface area contributed by atoms with Crippen LogP contribution >= 0.6 is 22.7 Å². The molecule has 1 aliphatic rings. The number of thiophene rings is 2. The molecule has 218 valence electrons. The molecule has 1 aliphatic heterocycles. The maximum atomic E-state index is 13.1. The van der Waals surface area contributed by atoms with Crippen LogP contribution in [0.5, 0.6) is 11.5 Å². The van der Waals surface area contributed by atoms with Crippen molar-refractivity contribution in [1.29, 1.82) is 0 Å². The number of hydrogen-bond donors (Lipinski definition) is 0. The van der Waals surface area contributed by atoms with Crippen LogP contribution in [0.25, 0.3) is 9.40 Å². The molecule has 0 spiro atoms. The van der Waals surface area contributed by atoms with Gasteiger partial charge in [-0.3, -0.25) is 9.98 Å². The van der Waals surface area contributed by atoms with Crippen molar-refractivity contribution in [3.8, 4) is 11.5 Å². The zero-order valence-corrected chi connectivity index (χ0v) is 25.2. The number of nitrogens with zero attached hydrogens (tertiary/aromatic N) is 2. The molecule has 4 aromatic rings. The fourth-order valence-corrected chi connectivity index (χ4v) is 7.14. The molecule has 0 amide bonds. The van der Waals surface area contributed by atoms with Gasteiger partial charge in [0.1, 0.15) is 34.5 Å². The highest BCUT2D eigenvalue weighted by Gasteiger charge is 2.29. The highest BCUT2D eigenvalue weighted by Crippen LogP contribution is 2.43. The molecule has 0 saturated carbocycles. The van der Waals surface area contributed by atoms with E-state index in [1.807, 2.05) is 61.0 Å². The van der Waals surface area contributed by atoms with Crippen molar-refractivity contribution in [2.24, 2.45) is 9.98 Å². The van der Waals surface area contributed by atoms with Gasteiger partial charge in [0.25, 0.3) is 0 Å². The molecule has 0 bridgehead atoms. The first-order chi connectivity index (χ1) is 20.6. The van der Waals surface area contributed by atoms with Crippen LogP contribution in [0, 0.1) is 0 Å². The number of hydrogen-bond acceptors (Lipinski definition) is 10. The number of ether oxygens (including phenoxy) is 4. The van der Waals surface area contributed by atoms with Gasteiger partial charge < -0.3 is 18.9 Å². The molecule has 0 radical (unpaired) electrons. The van der Waals surface area contributed by atoms with Gasteiger partial charge in [-0.2, -0.15) is 0 Å². The third-order valence-electron chi connectivity index (χ3n) is 6.53. The third-order valence-corrected chi connectivity index (χ3v) is 9.05. The Balaban J connectivity index is 1.64. The van der Waals surface area contributed by atoms with Crippen molar-refractivity contribution in [2.75, 3.05) is 26.3 Å². The van der Waals surface area contributed by atoms with Crippen molar-refractivity contribution in [3.05, 3.63) is 80.5 Å². The van der Waals surface area contributed by atoms with Crippen LogP contribution in [-0.4, -0.2) is 50.7 Å². The summed E-state index contributed by atoms with van der Waals surface area (Å²) in [6.45, 7) is 5.57. The van der Waals surface area contributed by atoms with Crippen LogP contribution in [0.3, 0.4) is 0 Å². The first-order valence-electron chi connectivity index (χ1n) is 13.9. The monoisotopic (exact) mass is 604 g/mol. The fourth-order valence-electron chi connectivity index (χ4n) is 4.55. The summed E-state index contributed by atoms with van der Waals surface area (Å²) in [6.07, 6.45) is 5.45. The zero-order valence-electron chi connectivity index (χ0n) is 23.6. The van der Waals surface area contributed by atoms with Crippen LogP contribution < -0.4 is 9.47 Å². The number of benzene rings is 2. The average Bonchev–Trinajstić information content (AvgIpc) is 3.53. The van der Waals surface area contributed by atoms with Crippen LogP contribution in [0.15, 0.2) is 58.5 Å². The largest absolute Gasteiger partial charge is 0.488 e. The first kappa shape index (κ1) is 29.5. The highest BCUT2D eigenvalue weighted by atomic mass is 32.2. The molecule has 3 heterocycles. The Morgan fingerprint density at radius 3 is 1.64 bits per heavy atom. The lowest BCUT2D eigenvalue weighted by atomic mass is 10.1. The van der Waals surface area contributed by atoms with Gasteiger partial charge in [0.15, 0.2) is 0 Å². The molecule has 5 rings (SSSR count). The fraction of sp³-hybridized carbons (Fsp3) is 0.312. The molecular weight excluding hydrogens is 572 g/mol. The number of aliphatic imine (C=N–C) groups is 2. The zero-order chi connectivity index (χ0) is 29.3. The molecule has 8 nitrogen and oxygen atoms in total. The third kappa shape index (κ3) is 6.71. The van der Waals surface area contributed by atoms with E-state index >= 15 is 0 Å². The summed E-state index contributed by atoms with van der Waals surface area (Å²) < 4.78 is 24.3. The molecule has 2 aromatic carbocycles. The predicted molar refractivity (Wildman–Crippen MR) is 167 cm³/mol. The molecule has 0 aliphatic carbocycles. The summed E-state index contributed by atoms with van der Waals surface area (Å²) in [5.41, 5.74) is 2.99. The quantitative estimate of drug-likeness (QED) is 0.231. The SMILES string of the molecule is CCOC(=O)c1sc2sc(C(=O)OCC)c3c2c1COc1ccccc1C=NCCCCN=Cc1ccccc1OC3. The second-order valence-corrected chi connectivity index (χ2v) is 11.7. The topological polar surface area (TPSA) is 95.8 Å². The molecule has 42 heavy (non-hydrogen) atoms. The summed E-state index contributed by atoms with van der Waals surface area (Å²) in [5, 5.41) is 0.756.